The normalized spacial score (nSPS) is 12.2. The maximum Gasteiger partial charge on any atom is 0.253 e. The van der Waals surface area contributed by atoms with E-state index in [0.29, 0.717) is 15.6 Å². The molecule has 1 unspecified atom stereocenters. The maximum atomic E-state index is 11.8. The highest BCUT2D eigenvalue weighted by atomic mass is 79.9. The van der Waals surface area contributed by atoms with Crippen molar-refractivity contribution in [3.8, 4) is 0 Å². The maximum absolute atomic E-state index is 11.8. The third kappa shape index (κ3) is 3.65. The highest BCUT2D eigenvalue weighted by molar-refractivity contribution is 9.09. The number of amides is 1. The van der Waals surface area contributed by atoms with Crippen LogP contribution in [0.2, 0.25) is 10.0 Å². The van der Waals surface area contributed by atoms with E-state index in [4.69, 9.17) is 23.2 Å². The summed E-state index contributed by atoms with van der Waals surface area (Å²) in [5, 5.41) is 4.49. The van der Waals surface area contributed by atoms with Gasteiger partial charge in [-0.15, -0.1) is 0 Å². The van der Waals surface area contributed by atoms with E-state index < -0.39 is 0 Å². The number of carbonyl (C=O) groups excluding carboxylic acids is 1. The summed E-state index contributed by atoms with van der Waals surface area (Å²) < 4.78 is 0. The third-order valence-electron chi connectivity index (χ3n) is 2.19. The molecular formula is C11H12BrCl2NO. The van der Waals surface area contributed by atoms with Gasteiger partial charge in [-0.1, -0.05) is 46.1 Å². The number of rotatable bonds is 4. The molecule has 0 fully saturated rings. The summed E-state index contributed by atoms with van der Waals surface area (Å²) in [5.74, 6) is -0.173. The molecule has 0 saturated carbocycles. The van der Waals surface area contributed by atoms with Crippen LogP contribution >= 0.6 is 39.1 Å². The molecule has 0 spiro atoms. The molecule has 0 aliphatic carbocycles. The third-order valence-corrected chi connectivity index (χ3v) is 3.52. The fourth-order valence-corrected chi connectivity index (χ4v) is 2.30. The van der Waals surface area contributed by atoms with E-state index in [2.05, 4.69) is 21.2 Å². The Bertz CT molecular complexity index is 380. The molecule has 0 bridgehead atoms. The van der Waals surface area contributed by atoms with Crippen molar-refractivity contribution in [3.63, 3.8) is 0 Å². The van der Waals surface area contributed by atoms with Gasteiger partial charge in [0.05, 0.1) is 10.6 Å². The lowest BCUT2D eigenvalue weighted by Gasteiger charge is -2.14. The van der Waals surface area contributed by atoms with Crippen molar-refractivity contribution >= 4 is 45.0 Å². The van der Waals surface area contributed by atoms with Gasteiger partial charge >= 0.3 is 0 Å². The highest BCUT2D eigenvalue weighted by Crippen LogP contribution is 2.21. The summed E-state index contributed by atoms with van der Waals surface area (Å²) in [7, 11) is 0. The first-order chi connectivity index (χ1) is 7.58. The van der Waals surface area contributed by atoms with Crippen LogP contribution in [-0.4, -0.2) is 17.3 Å². The second-order valence-corrected chi connectivity index (χ2v) is 4.85. The number of halogens is 3. The predicted molar refractivity (Wildman–Crippen MR) is 71.8 cm³/mol. The van der Waals surface area contributed by atoms with Crippen LogP contribution < -0.4 is 5.32 Å². The smallest absolute Gasteiger partial charge is 0.253 e. The Kier molecular flexibility index (Phi) is 5.59. The van der Waals surface area contributed by atoms with Gasteiger partial charge in [0.15, 0.2) is 0 Å². The van der Waals surface area contributed by atoms with Crippen molar-refractivity contribution in [2.24, 2.45) is 0 Å². The van der Waals surface area contributed by atoms with Gasteiger partial charge < -0.3 is 5.32 Å². The summed E-state index contributed by atoms with van der Waals surface area (Å²) in [6.07, 6.45) is 0.863. The molecule has 0 aromatic heterocycles. The molecular weight excluding hydrogens is 313 g/mol. The van der Waals surface area contributed by atoms with Crippen LogP contribution in [0.5, 0.6) is 0 Å². The molecule has 1 aromatic rings. The minimum Gasteiger partial charge on any atom is -0.348 e. The molecule has 1 amide bonds. The Morgan fingerprint density at radius 2 is 2.19 bits per heavy atom. The van der Waals surface area contributed by atoms with Crippen LogP contribution in [0.3, 0.4) is 0 Å². The molecule has 0 aliphatic heterocycles. The zero-order valence-electron chi connectivity index (χ0n) is 8.77. The van der Waals surface area contributed by atoms with Crippen molar-refractivity contribution in [2.45, 2.75) is 19.4 Å². The standard InChI is InChI=1S/C11H12BrCl2NO/c1-2-8(6-12)15-11(16)9-4-3-7(13)5-10(9)14/h3-5,8H,2,6H2,1H3,(H,15,16). The number of benzene rings is 1. The van der Waals surface area contributed by atoms with E-state index in [1.807, 2.05) is 6.92 Å². The summed E-state index contributed by atoms with van der Waals surface area (Å²) in [4.78, 5) is 11.8. The molecule has 0 radical (unpaired) electrons. The molecule has 1 N–H and O–H groups in total. The first kappa shape index (κ1) is 13.8. The quantitative estimate of drug-likeness (QED) is 0.836. The zero-order chi connectivity index (χ0) is 12.1. The summed E-state index contributed by atoms with van der Waals surface area (Å²) in [5.41, 5.74) is 0.450. The predicted octanol–water partition coefficient (Wildman–Crippen LogP) is 3.90. The van der Waals surface area contributed by atoms with E-state index in [9.17, 15) is 4.79 Å². The van der Waals surface area contributed by atoms with Crippen LogP contribution in [0.25, 0.3) is 0 Å². The van der Waals surface area contributed by atoms with Gasteiger partial charge in [0.1, 0.15) is 0 Å². The van der Waals surface area contributed by atoms with Crippen LogP contribution in [0.1, 0.15) is 23.7 Å². The lowest BCUT2D eigenvalue weighted by molar-refractivity contribution is 0.0940. The van der Waals surface area contributed by atoms with E-state index in [-0.39, 0.29) is 11.9 Å². The van der Waals surface area contributed by atoms with E-state index in [1.165, 1.54) is 0 Å². The Morgan fingerprint density at radius 3 is 2.69 bits per heavy atom. The van der Waals surface area contributed by atoms with E-state index >= 15 is 0 Å². The highest BCUT2D eigenvalue weighted by Gasteiger charge is 2.13. The van der Waals surface area contributed by atoms with E-state index in [1.54, 1.807) is 18.2 Å². The number of hydrogen-bond acceptors (Lipinski definition) is 1. The Labute approximate surface area is 113 Å². The topological polar surface area (TPSA) is 29.1 Å². The van der Waals surface area contributed by atoms with Crippen LogP contribution in [0.15, 0.2) is 18.2 Å². The fourth-order valence-electron chi connectivity index (χ4n) is 1.19. The second kappa shape index (κ2) is 6.48. The van der Waals surface area contributed by atoms with Gasteiger partial charge in [-0.2, -0.15) is 0 Å². The van der Waals surface area contributed by atoms with Crippen molar-refractivity contribution in [1.82, 2.24) is 5.32 Å². The Balaban J connectivity index is 2.80. The molecule has 0 saturated heterocycles. The van der Waals surface area contributed by atoms with Crippen LogP contribution in [-0.2, 0) is 0 Å². The van der Waals surface area contributed by atoms with Gasteiger partial charge in [0.2, 0.25) is 0 Å². The molecule has 2 nitrogen and oxygen atoms in total. The van der Waals surface area contributed by atoms with Crippen molar-refractivity contribution < 1.29 is 4.79 Å². The lowest BCUT2D eigenvalue weighted by atomic mass is 10.2. The first-order valence-electron chi connectivity index (χ1n) is 4.90. The minimum atomic E-state index is -0.173. The lowest BCUT2D eigenvalue weighted by Crippen LogP contribution is -2.35. The number of alkyl halides is 1. The summed E-state index contributed by atoms with van der Waals surface area (Å²) in [6, 6.07) is 4.95. The van der Waals surface area contributed by atoms with Gasteiger partial charge in [-0.05, 0) is 24.6 Å². The largest absolute Gasteiger partial charge is 0.348 e. The molecule has 0 aliphatic rings. The van der Waals surface area contributed by atoms with Crippen molar-refractivity contribution in [3.05, 3.63) is 33.8 Å². The van der Waals surface area contributed by atoms with Gasteiger partial charge in [0, 0.05) is 16.4 Å². The summed E-state index contributed by atoms with van der Waals surface area (Å²) >= 11 is 15.0. The molecule has 88 valence electrons. The Hall–Kier alpha value is -0.250. The van der Waals surface area contributed by atoms with Gasteiger partial charge in [-0.3, -0.25) is 4.79 Å². The molecule has 1 rings (SSSR count). The van der Waals surface area contributed by atoms with Crippen LogP contribution in [0, 0.1) is 0 Å². The molecule has 0 heterocycles. The Morgan fingerprint density at radius 1 is 1.50 bits per heavy atom. The second-order valence-electron chi connectivity index (χ2n) is 3.36. The number of hydrogen-bond donors (Lipinski definition) is 1. The average molecular weight is 325 g/mol. The van der Waals surface area contributed by atoms with Crippen molar-refractivity contribution in [2.75, 3.05) is 5.33 Å². The fraction of sp³-hybridized carbons (Fsp3) is 0.364. The summed E-state index contributed by atoms with van der Waals surface area (Å²) in [6.45, 7) is 2.01. The minimum absolute atomic E-state index is 0.110. The van der Waals surface area contributed by atoms with Gasteiger partial charge in [-0.25, -0.2) is 0 Å². The number of nitrogens with one attached hydrogen (secondary N) is 1. The molecule has 16 heavy (non-hydrogen) atoms. The van der Waals surface area contributed by atoms with Crippen LogP contribution in [0.4, 0.5) is 0 Å². The van der Waals surface area contributed by atoms with Gasteiger partial charge in [0.25, 0.3) is 5.91 Å². The molecule has 1 aromatic carbocycles. The molecule has 5 heteroatoms. The number of carbonyl (C=O) groups is 1. The molecule has 1 atom stereocenters. The SMILES string of the molecule is CCC(CBr)NC(=O)c1ccc(Cl)cc1Cl. The van der Waals surface area contributed by atoms with E-state index in [0.717, 1.165) is 11.8 Å². The average Bonchev–Trinajstić information content (AvgIpc) is 2.25. The monoisotopic (exact) mass is 323 g/mol. The zero-order valence-corrected chi connectivity index (χ0v) is 11.9. The van der Waals surface area contributed by atoms with Crippen molar-refractivity contribution in [1.29, 1.82) is 0 Å². The first-order valence-corrected chi connectivity index (χ1v) is 6.78.